The van der Waals surface area contributed by atoms with Crippen molar-refractivity contribution in [2.24, 2.45) is 0 Å². The van der Waals surface area contributed by atoms with Gasteiger partial charge in [0.2, 0.25) is 0 Å². The highest BCUT2D eigenvalue weighted by Crippen LogP contribution is 2.23. The molecule has 84 valence electrons. The zero-order valence-electron chi connectivity index (χ0n) is 8.34. The van der Waals surface area contributed by atoms with Gasteiger partial charge in [0.1, 0.15) is 5.82 Å². The lowest BCUT2D eigenvalue weighted by atomic mass is 10.3. The lowest BCUT2D eigenvalue weighted by Gasteiger charge is -2.07. The Labute approximate surface area is 111 Å². The van der Waals surface area contributed by atoms with E-state index in [4.69, 9.17) is 5.73 Å². The second-order valence-electron chi connectivity index (χ2n) is 3.28. The smallest absolute Gasteiger partial charge is 0.124 e. The van der Waals surface area contributed by atoms with E-state index in [1.54, 1.807) is 17.4 Å². The highest BCUT2D eigenvalue weighted by atomic mass is 127. The van der Waals surface area contributed by atoms with Crippen LogP contribution in [0.25, 0.3) is 0 Å². The molecule has 2 rings (SSSR count). The number of anilines is 2. The van der Waals surface area contributed by atoms with E-state index >= 15 is 0 Å². The Kier molecular flexibility index (Phi) is 3.65. The van der Waals surface area contributed by atoms with Crippen molar-refractivity contribution < 1.29 is 4.39 Å². The van der Waals surface area contributed by atoms with Gasteiger partial charge in [-0.3, -0.25) is 0 Å². The number of thiophene rings is 1. The molecular weight excluding hydrogens is 338 g/mol. The van der Waals surface area contributed by atoms with Crippen LogP contribution in [0.2, 0.25) is 0 Å². The van der Waals surface area contributed by atoms with Crippen LogP contribution in [0.15, 0.2) is 29.6 Å². The molecule has 16 heavy (non-hydrogen) atoms. The molecule has 0 saturated heterocycles. The minimum Gasteiger partial charge on any atom is -0.398 e. The van der Waals surface area contributed by atoms with Crippen molar-refractivity contribution in [3.8, 4) is 0 Å². The molecular formula is C11H10FIN2S. The van der Waals surface area contributed by atoms with Crippen LogP contribution >= 0.6 is 33.9 Å². The topological polar surface area (TPSA) is 38.0 Å². The Bertz CT molecular complexity index is 498. The van der Waals surface area contributed by atoms with Crippen LogP contribution in [-0.4, -0.2) is 0 Å². The molecule has 0 spiro atoms. The van der Waals surface area contributed by atoms with E-state index in [1.807, 2.05) is 11.4 Å². The van der Waals surface area contributed by atoms with E-state index in [0.717, 1.165) is 19.8 Å². The van der Waals surface area contributed by atoms with Crippen molar-refractivity contribution in [3.05, 3.63) is 43.9 Å². The standard InChI is InChI=1S/C11H10FIN2S/c12-7-1-2-10(8(13)5-7)15-6-11-9(14)3-4-16-11/h1-5,15H,6,14H2. The Balaban J connectivity index is 2.08. The summed E-state index contributed by atoms with van der Waals surface area (Å²) in [5.74, 6) is -0.217. The largest absolute Gasteiger partial charge is 0.398 e. The highest BCUT2D eigenvalue weighted by Gasteiger charge is 2.03. The highest BCUT2D eigenvalue weighted by molar-refractivity contribution is 14.1. The molecule has 0 aliphatic carbocycles. The quantitative estimate of drug-likeness (QED) is 0.831. The number of nitrogen functional groups attached to an aromatic ring is 1. The summed E-state index contributed by atoms with van der Waals surface area (Å²) >= 11 is 3.72. The average molecular weight is 348 g/mol. The van der Waals surface area contributed by atoms with E-state index in [1.165, 1.54) is 12.1 Å². The van der Waals surface area contributed by atoms with Crippen LogP contribution in [0.3, 0.4) is 0 Å². The maximum absolute atomic E-state index is 12.9. The number of nitrogens with two attached hydrogens (primary N) is 1. The zero-order chi connectivity index (χ0) is 11.5. The van der Waals surface area contributed by atoms with Crippen molar-refractivity contribution in [2.45, 2.75) is 6.54 Å². The summed E-state index contributed by atoms with van der Waals surface area (Å²) in [5, 5.41) is 5.20. The van der Waals surface area contributed by atoms with E-state index in [0.29, 0.717) is 6.54 Å². The number of nitrogens with one attached hydrogen (secondary N) is 1. The second-order valence-corrected chi connectivity index (χ2v) is 5.44. The third-order valence-corrected chi connectivity index (χ3v) is 3.98. The first-order valence-electron chi connectivity index (χ1n) is 4.67. The summed E-state index contributed by atoms with van der Waals surface area (Å²) in [6, 6.07) is 6.57. The summed E-state index contributed by atoms with van der Waals surface area (Å²) in [6.07, 6.45) is 0. The first-order chi connectivity index (χ1) is 7.66. The first-order valence-corrected chi connectivity index (χ1v) is 6.63. The molecule has 2 nitrogen and oxygen atoms in total. The molecule has 0 amide bonds. The molecule has 0 saturated carbocycles. The van der Waals surface area contributed by atoms with Crippen LogP contribution in [0, 0.1) is 9.39 Å². The molecule has 1 aromatic heterocycles. The lowest BCUT2D eigenvalue weighted by Crippen LogP contribution is -2.01. The molecule has 0 fully saturated rings. The predicted molar refractivity (Wildman–Crippen MR) is 75.2 cm³/mol. The van der Waals surface area contributed by atoms with Crippen LogP contribution < -0.4 is 11.1 Å². The summed E-state index contributed by atoms with van der Waals surface area (Å²) in [5.41, 5.74) is 7.50. The predicted octanol–water partition coefficient (Wildman–Crippen LogP) is 3.69. The van der Waals surface area contributed by atoms with Gasteiger partial charge in [0, 0.05) is 19.8 Å². The maximum Gasteiger partial charge on any atom is 0.124 e. The van der Waals surface area contributed by atoms with Crippen molar-refractivity contribution in [1.82, 2.24) is 0 Å². The van der Waals surface area contributed by atoms with E-state index in [2.05, 4.69) is 27.9 Å². The molecule has 5 heteroatoms. The Morgan fingerprint density at radius 3 is 2.81 bits per heavy atom. The number of halogens is 2. The van der Waals surface area contributed by atoms with Gasteiger partial charge in [0.05, 0.1) is 6.54 Å². The van der Waals surface area contributed by atoms with Gasteiger partial charge in [0.15, 0.2) is 0 Å². The molecule has 3 N–H and O–H groups in total. The average Bonchev–Trinajstić information content (AvgIpc) is 2.63. The normalized spacial score (nSPS) is 10.4. The first kappa shape index (κ1) is 11.7. The summed E-state index contributed by atoms with van der Waals surface area (Å²) in [6.45, 7) is 0.672. The maximum atomic E-state index is 12.9. The third kappa shape index (κ3) is 2.65. The molecule has 0 aliphatic rings. The molecule has 0 radical (unpaired) electrons. The molecule has 1 aromatic carbocycles. The van der Waals surface area contributed by atoms with Gasteiger partial charge in [-0.15, -0.1) is 11.3 Å². The zero-order valence-corrected chi connectivity index (χ0v) is 11.3. The fourth-order valence-corrected chi connectivity index (χ4v) is 2.71. The van der Waals surface area contributed by atoms with E-state index < -0.39 is 0 Å². The molecule has 2 aromatic rings. The molecule has 0 aliphatic heterocycles. The van der Waals surface area contributed by atoms with Gasteiger partial charge in [-0.25, -0.2) is 4.39 Å². The summed E-state index contributed by atoms with van der Waals surface area (Å²) < 4.78 is 13.7. The Hall–Kier alpha value is -0.820. The van der Waals surface area contributed by atoms with Gasteiger partial charge in [-0.2, -0.15) is 0 Å². The summed E-state index contributed by atoms with van der Waals surface area (Å²) in [4.78, 5) is 1.10. The fraction of sp³-hybridized carbons (Fsp3) is 0.0909. The minimum atomic E-state index is -0.217. The number of benzene rings is 1. The van der Waals surface area contributed by atoms with Crippen LogP contribution in [0.1, 0.15) is 4.88 Å². The fourth-order valence-electron chi connectivity index (χ4n) is 1.30. The van der Waals surface area contributed by atoms with Gasteiger partial charge >= 0.3 is 0 Å². The molecule has 0 bridgehead atoms. The van der Waals surface area contributed by atoms with Gasteiger partial charge in [-0.05, 0) is 52.2 Å². The van der Waals surface area contributed by atoms with E-state index in [9.17, 15) is 4.39 Å². The minimum absolute atomic E-state index is 0.217. The van der Waals surface area contributed by atoms with Crippen molar-refractivity contribution in [3.63, 3.8) is 0 Å². The lowest BCUT2D eigenvalue weighted by molar-refractivity contribution is 0.627. The van der Waals surface area contributed by atoms with Crippen LogP contribution in [0.5, 0.6) is 0 Å². The Morgan fingerprint density at radius 2 is 2.19 bits per heavy atom. The Morgan fingerprint density at radius 1 is 1.38 bits per heavy atom. The van der Waals surface area contributed by atoms with Crippen LogP contribution in [-0.2, 0) is 6.54 Å². The molecule has 1 heterocycles. The third-order valence-electron chi connectivity index (χ3n) is 2.15. The number of hydrogen-bond acceptors (Lipinski definition) is 3. The molecule has 0 atom stereocenters. The van der Waals surface area contributed by atoms with E-state index in [-0.39, 0.29) is 5.82 Å². The van der Waals surface area contributed by atoms with Gasteiger partial charge < -0.3 is 11.1 Å². The number of rotatable bonds is 3. The second kappa shape index (κ2) is 5.01. The summed E-state index contributed by atoms with van der Waals surface area (Å²) in [7, 11) is 0. The monoisotopic (exact) mass is 348 g/mol. The van der Waals surface area contributed by atoms with Crippen molar-refractivity contribution in [1.29, 1.82) is 0 Å². The van der Waals surface area contributed by atoms with Crippen molar-refractivity contribution >= 4 is 45.3 Å². The number of hydrogen-bond donors (Lipinski definition) is 2. The van der Waals surface area contributed by atoms with Gasteiger partial charge in [-0.1, -0.05) is 0 Å². The SMILES string of the molecule is Nc1ccsc1CNc1ccc(F)cc1I. The van der Waals surface area contributed by atoms with Gasteiger partial charge in [0.25, 0.3) is 0 Å². The van der Waals surface area contributed by atoms with Crippen molar-refractivity contribution in [2.75, 3.05) is 11.1 Å². The molecule has 0 unspecified atom stereocenters. The van der Waals surface area contributed by atoms with Crippen LogP contribution in [0.4, 0.5) is 15.8 Å².